The van der Waals surface area contributed by atoms with Crippen molar-refractivity contribution in [3.05, 3.63) is 0 Å². The van der Waals surface area contributed by atoms with Crippen LogP contribution in [0.15, 0.2) is 0 Å². The summed E-state index contributed by atoms with van der Waals surface area (Å²) < 4.78 is 0. The predicted molar refractivity (Wildman–Crippen MR) is 49.3 cm³/mol. The van der Waals surface area contributed by atoms with E-state index >= 15 is 0 Å². The molecule has 0 bridgehead atoms. The van der Waals surface area contributed by atoms with Crippen LogP contribution in [0.4, 0.5) is 0 Å². The Morgan fingerprint density at radius 2 is 2.42 bits per heavy atom. The number of hydrogen-bond acceptors (Lipinski definition) is 2. The minimum Gasteiger partial charge on any atom is -0.481 e. The van der Waals surface area contributed by atoms with E-state index in [1.54, 1.807) is 0 Å². The summed E-state index contributed by atoms with van der Waals surface area (Å²) in [5.74, 6) is 2.45. The van der Waals surface area contributed by atoms with Gasteiger partial charge in [-0.2, -0.15) is 11.8 Å². The van der Waals surface area contributed by atoms with Gasteiger partial charge in [-0.25, -0.2) is 0 Å². The number of carbonyl (C=O) groups is 1. The summed E-state index contributed by atoms with van der Waals surface area (Å²) >= 11 is 1.97. The van der Waals surface area contributed by atoms with E-state index in [0.717, 1.165) is 6.42 Å². The Hall–Kier alpha value is -0.180. The summed E-state index contributed by atoms with van der Waals surface area (Å²) in [7, 11) is 0. The Kier molecular flexibility index (Phi) is 1.86. The summed E-state index contributed by atoms with van der Waals surface area (Å²) in [5.41, 5.74) is 0.148. The predicted octanol–water partition coefficient (Wildman–Crippen LogP) is 1.85. The highest BCUT2D eigenvalue weighted by Crippen LogP contribution is 2.60. The molecule has 2 aliphatic rings. The molecule has 1 N–H and O–H groups in total. The summed E-state index contributed by atoms with van der Waals surface area (Å²) in [4.78, 5) is 10.7. The van der Waals surface area contributed by atoms with Crippen LogP contribution in [0.25, 0.3) is 0 Å². The molecule has 12 heavy (non-hydrogen) atoms. The number of hydrogen-bond donors (Lipinski definition) is 1. The van der Waals surface area contributed by atoms with Gasteiger partial charge in [-0.15, -0.1) is 0 Å². The van der Waals surface area contributed by atoms with Crippen LogP contribution in [0, 0.1) is 17.3 Å². The van der Waals surface area contributed by atoms with Gasteiger partial charge < -0.3 is 5.11 Å². The Morgan fingerprint density at radius 1 is 1.67 bits per heavy atom. The first-order valence-corrected chi connectivity index (χ1v) is 5.60. The third-order valence-electron chi connectivity index (χ3n) is 3.44. The molecule has 1 aliphatic heterocycles. The first-order chi connectivity index (χ1) is 5.64. The molecule has 1 heterocycles. The zero-order valence-corrected chi connectivity index (χ0v) is 8.06. The van der Waals surface area contributed by atoms with Gasteiger partial charge in [0.25, 0.3) is 0 Å². The zero-order valence-electron chi connectivity index (χ0n) is 7.25. The Balaban J connectivity index is 2.00. The van der Waals surface area contributed by atoms with Gasteiger partial charge in [0.1, 0.15) is 0 Å². The van der Waals surface area contributed by atoms with Crippen molar-refractivity contribution in [2.45, 2.75) is 19.8 Å². The third kappa shape index (κ3) is 1.15. The normalized spacial score (nSPS) is 46.1. The number of aliphatic carboxylic acids is 1. The Morgan fingerprint density at radius 3 is 2.83 bits per heavy atom. The van der Waals surface area contributed by atoms with Crippen LogP contribution in [0.2, 0.25) is 0 Å². The minimum atomic E-state index is -0.589. The molecule has 3 heteroatoms. The van der Waals surface area contributed by atoms with Gasteiger partial charge >= 0.3 is 5.97 Å². The van der Waals surface area contributed by atoms with Gasteiger partial charge in [0.05, 0.1) is 5.92 Å². The van der Waals surface area contributed by atoms with Crippen molar-refractivity contribution >= 4 is 17.7 Å². The Bertz CT molecular complexity index is 211. The molecule has 2 nitrogen and oxygen atoms in total. The van der Waals surface area contributed by atoms with E-state index in [-0.39, 0.29) is 11.3 Å². The fourth-order valence-corrected chi connectivity index (χ4v) is 3.71. The van der Waals surface area contributed by atoms with Crippen molar-refractivity contribution in [3.8, 4) is 0 Å². The summed E-state index contributed by atoms with van der Waals surface area (Å²) in [6.07, 6.45) is 2.14. The topological polar surface area (TPSA) is 37.3 Å². The Labute approximate surface area is 76.7 Å². The van der Waals surface area contributed by atoms with Crippen LogP contribution in [0.5, 0.6) is 0 Å². The lowest BCUT2D eigenvalue weighted by Crippen LogP contribution is -2.17. The highest BCUT2D eigenvalue weighted by molar-refractivity contribution is 7.99. The average molecular weight is 186 g/mol. The van der Waals surface area contributed by atoms with Crippen LogP contribution < -0.4 is 0 Å². The molecular formula is C9H14O2S. The van der Waals surface area contributed by atoms with E-state index in [9.17, 15) is 4.79 Å². The lowest BCUT2D eigenvalue weighted by Gasteiger charge is -2.16. The maximum absolute atomic E-state index is 10.7. The van der Waals surface area contributed by atoms with Crippen molar-refractivity contribution in [1.82, 2.24) is 0 Å². The second-order valence-electron chi connectivity index (χ2n) is 4.16. The molecule has 68 valence electrons. The van der Waals surface area contributed by atoms with E-state index in [4.69, 9.17) is 5.11 Å². The molecular weight excluding hydrogens is 172 g/mol. The number of carboxylic acids is 1. The lowest BCUT2D eigenvalue weighted by atomic mass is 9.88. The van der Waals surface area contributed by atoms with Crippen molar-refractivity contribution in [1.29, 1.82) is 0 Å². The van der Waals surface area contributed by atoms with Gasteiger partial charge in [0.15, 0.2) is 0 Å². The van der Waals surface area contributed by atoms with Gasteiger partial charge in [0.2, 0.25) is 0 Å². The summed E-state index contributed by atoms with van der Waals surface area (Å²) in [6.45, 7) is 2.14. The number of rotatable bonds is 2. The minimum absolute atomic E-state index is 0.0406. The van der Waals surface area contributed by atoms with Crippen LogP contribution in [-0.4, -0.2) is 22.6 Å². The summed E-state index contributed by atoms with van der Waals surface area (Å²) in [6, 6.07) is 0. The molecule has 1 saturated heterocycles. The zero-order chi connectivity index (χ0) is 8.77. The second kappa shape index (κ2) is 2.66. The average Bonchev–Trinajstić information content (AvgIpc) is 2.52. The molecule has 0 aromatic rings. The van der Waals surface area contributed by atoms with Gasteiger partial charge in [0, 0.05) is 0 Å². The SMILES string of the molecule is CC1(C2CCSC2)CC1C(=O)O. The first-order valence-electron chi connectivity index (χ1n) is 4.45. The van der Waals surface area contributed by atoms with Crippen molar-refractivity contribution < 1.29 is 9.90 Å². The fraction of sp³-hybridized carbons (Fsp3) is 0.889. The van der Waals surface area contributed by atoms with E-state index in [1.165, 1.54) is 17.9 Å². The van der Waals surface area contributed by atoms with Crippen molar-refractivity contribution in [3.63, 3.8) is 0 Å². The molecule has 2 fully saturated rings. The largest absolute Gasteiger partial charge is 0.481 e. The van der Waals surface area contributed by atoms with E-state index in [0.29, 0.717) is 5.92 Å². The quantitative estimate of drug-likeness (QED) is 0.715. The standard InChI is InChI=1S/C9H14O2S/c1-9(4-7(9)8(10)11)6-2-3-12-5-6/h6-7H,2-5H2,1H3,(H,10,11). The summed E-state index contributed by atoms with van der Waals surface area (Å²) in [5, 5.41) is 8.84. The van der Waals surface area contributed by atoms with Crippen molar-refractivity contribution in [2.24, 2.45) is 17.3 Å². The van der Waals surface area contributed by atoms with Crippen LogP contribution >= 0.6 is 11.8 Å². The smallest absolute Gasteiger partial charge is 0.307 e. The van der Waals surface area contributed by atoms with E-state index < -0.39 is 5.97 Å². The molecule has 3 atom stereocenters. The van der Waals surface area contributed by atoms with Gasteiger partial charge in [-0.3, -0.25) is 4.79 Å². The van der Waals surface area contributed by atoms with Gasteiger partial charge in [-0.05, 0) is 35.7 Å². The number of thioether (sulfide) groups is 1. The van der Waals surface area contributed by atoms with Crippen molar-refractivity contribution in [2.75, 3.05) is 11.5 Å². The molecule has 0 aromatic heterocycles. The molecule has 0 aromatic carbocycles. The first kappa shape index (κ1) is 8.42. The van der Waals surface area contributed by atoms with E-state index in [1.807, 2.05) is 11.8 Å². The molecule has 0 amide bonds. The highest BCUT2D eigenvalue weighted by Gasteiger charge is 2.59. The van der Waals surface area contributed by atoms with Crippen LogP contribution in [0.3, 0.4) is 0 Å². The molecule has 3 unspecified atom stereocenters. The van der Waals surface area contributed by atoms with Gasteiger partial charge in [-0.1, -0.05) is 6.92 Å². The van der Waals surface area contributed by atoms with E-state index in [2.05, 4.69) is 6.92 Å². The highest BCUT2D eigenvalue weighted by atomic mass is 32.2. The third-order valence-corrected chi connectivity index (χ3v) is 4.60. The van der Waals surface area contributed by atoms with Crippen LogP contribution in [0.1, 0.15) is 19.8 Å². The maximum atomic E-state index is 10.7. The number of carboxylic acid groups (broad SMARTS) is 1. The lowest BCUT2D eigenvalue weighted by molar-refractivity contribution is -0.139. The maximum Gasteiger partial charge on any atom is 0.307 e. The molecule has 1 saturated carbocycles. The molecule has 0 radical (unpaired) electrons. The molecule has 0 spiro atoms. The second-order valence-corrected chi connectivity index (χ2v) is 5.31. The molecule has 1 aliphatic carbocycles. The fourth-order valence-electron chi connectivity index (χ4n) is 2.26. The monoisotopic (exact) mass is 186 g/mol. The van der Waals surface area contributed by atoms with Crippen LogP contribution in [-0.2, 0) is 4.79 Å². The molecule has 2 rings (SSSR count).